The van der Waals surface area contributed by atoms with Crippen LogP contribution in [0, 0.1) is 12.3 Å². The molecule has 0 saturated carbocycles. The van der Waals surface area contributed by atoms with Gasteiger partial charge in [0.15, 0.2) is 5.78 Å². The number of hydrogen-bond acceptors (Lipinski definition) is 2. The van der Waals surface area contributed by atoms with Crippen LogP contribution in [0.15, 0.2) is 42.5 Å². The summed E-state index contributed by atoms with van der Waals surface area (Å²) >= 11 is 0. The van der Waals surface area contributed by atoms with Gasteiger partial charge in [0, 0.05) is 6.42 Å². The van der Waals surface area contributed by atoms with Crippen molar-refractivity contribution in [3.63, 3.8) is 0 Å². The number of fused-ring (bicyclic) bond motifs is 1. The third-order valence-electron chi connectivity index (χ3n) is 2.82. The molecular weight excluding hydrogens is 222 g/mol. The fourth-order valence-corrected chi connectivity index (χ4v) is 2.00. The summed E-state index contributed by atoms with van der Waals surface area (Å²) < 4.78 is 0. The minimum absolute atomic E-state index is 0.154. The summed E-state index contributed by atoms with van der Waals surface area (Å²) in [6.07, 6.45) is 5.56. The highest BCUT2D eigenvalue weighted by atomic mass is 16.1. The lowest BCUT2D eigenvalue weighted by atomic mass is 10.0. The van der Waals surface area contributed by atoms with Gasteiger partial charge < -0.3 is 0 Å². The Labute approximate surface area is 107 Å². The van der Waals surface area contributed by atoms with Crippen molar-refractivity contribution in [1.82, 2.24) is 5.32 Å². The highest BCUT2D eigenvalue weighted by molar-refractivity contribution is 5.91. The maximum absolute atomic E-state index is 11.8. The van der Waals surface area contributed by atoms with E-state index in [1.807, 2.05) is 30.3 Å². The number of nitrogens with one attached hydrogen (secondary N) is 1. The van der Waals surface area contributed by atoms with Crippen LogP contribution in [-0.2, 0) is 11.2 Å². The Hall–Kier alpha value is -2.11. The molecule has 0 aliphatic heterocycles. The zero-order valence-corrected chi connectivity index (χ0v) is 10.1. The molecule has 2 aromatic carbocycles. The molecule has 0 fully saturated rings. The topological polar surface area (TPSA) is 29.1 Å². The zero-order chi connectivity index (χ0) is 12.8. The van der Waals surface area contributed by atoms with Gasteiger partial charge in [-0.25, -0.2) is 0 Å². The van der Waals surface area contributed by atoms with Crippen LogP contribution in [0.3, 0.4) is 0 Å². The molecule has 0 amide bonds. The van der Waals surface area contributed by atoms with Crippen molar-refractivity contribution in [2.24, 2.45) is 0 Å². The molecule has 0 aliphatic rings. The molecule has 1 N–H and O–H groups in total. The predicted octanol–water partition coefficient (Wildman–Crippen LogP) is 2.17. The summed E-state index contributed by atoms with van der Waals surface area (Å²) in [5.74, 6) is 2.61. The first-order valence-electron chi connectivity index (χ1n) is 5.94. The molecule has 2 aromatic rings. The van der Waals surface area contributed by atoms with E-state index in [-0.39, 0.29) is 5.78 Å². The highest BCUT2D eigenvalue weighted by Gasteiger charge is 2.06. The van der Waals surface area contributed by atoms with E-state index < -0.39 is 0 Å². The van der Waals surface area contributed by atoms with Gasteiger partial charge in [0.1, 0.15) is 0 Å². The standard InChI is InChI=1S/C16H15NO/c1-2-10-17-12-15(18)11-14-8-5-7-13-6-3-4-9-16(13)14/h1,3-9,17H,10-12H2. The second-order valence-corrected chi connectivity index (χ2v) is 4.16. The summed E-state index contributed by atoms with van der Waals surface area (Å²) in [6.45, 7) is 0.759. The minimum Gasteiger partial charge on any atom is -0.299 e. The van der Waals surface area contributed by atoms with Gasteiger partial charge in [-0.2, -0.15) is 0 Å². The lowest BCUT2D eigenvalue weighted by molar-refractivity contribution is -0.117. The van der Waals surface area contributed by atoms with Crippen molar-refractivity contribution < 1.29 is 4.79 Å². The molecular formula is C16H15NO. The number of ketones is 1. The first-order valence-corrected chi connectivity index (χ1v) is 5.94. The van der Waals surface area contributed by atoms with Gasteiger partial charge in [-0.3, -0.25) is 10.1 Å². The number of benzene rings is 2. The Morgan fingerprint density at radius 2 is 1.94 bits per heavy atom. The van der Waals surface area contributed by atoms with Crippen molar-refractivity contribution in [3.05, 3.63) is 48.0 Å². The largest absolute Gasteiger partial charge is 0.299 e. The molecule has 2 heteroatoms. The number of carbonyl (C=O) groups is 1. The quantitative estimate of drug-likeness (QED) is 0.638. The molecule has 18 heavy (non-hydrogen) atoms. The summed E-state index contributed by atoms with van der Waals surface area (Å²) in [7, 11) is 0. The van der Waals surface area contributed by atoms with Crippen molar-refractivity contribution in [1.29, 1.82) is 0 Å². The summed E-state index contributed by atoms with van der Waals surface area (Å²) in [6, 6.07) is 14.1. The number of Topliss-reactive ketones (excluding diaryl/α,β-unsaturated/α-hetero) is 1. The molecule has 2 nitrogen and oxygen atoms in total. The van der Waals surface area contributed by atoms with Crippen molar-refractivity contribution >= 4 is 16.6 Å². The highest BCUT2D eigenvalue weighted by Crippen LogP contribution is 2.18. The van der Waals surface area contributed by atoms with Gasteiger partial charge >= 0.3 is 0 Å². The second kappa shape index (κ2) is 6.00. The molecule has 0 saturated heterocycles. The summed E-state index contributed by atoms with van der Waals surface area (Å²) in [4.78, 5) is 11.8. The summed E-state index contributed by atoms with van der Waals surface area (Å²) in [5.41, 5.74) is 1.07. The van der Waals surface area contributed by atoms with E-state index >= 15 is 0 Å². The van der Waals surface area contributed by atoms with Gasteiger partial charge in [0.2, 0.25) is 0 Å². The fraction of sp³-hybridized carbons (Fsp3) is 0.188. The van der Waals surface area contributed by atoms with Crippen LogP contribution in [0.5, 0.6) is 0 Å². The molecule has 0 aromatic heterocycles. The lowest BCUT2D eigenvalue weighted by Crippen LogP contribution is -2.24. The van der Waals surface area contributed by atoms with E-state index in [1.54, 1.807) is 0 Å². The number of carbonyl (C=O) groups excluding carboxylic acids is 1. The smallest absolute Gasteiger partial charge is 0.151 e. The van der Waals surface area contributed by atoms with Crippen molar-refractivity contribution in [2.75, 3.05) is 13.1 Å². The molecule has 0 spiro atoms. The molecule has 2 rings (SSSR count). The second-order valence-electron chi connectivity index (χ2n) is 4.16. The third kappa shape index (κ3) is 2.97. The van der Waals surface area contributed by atoms with E-state index in [9.17, 15) is 4.79 Å². The van der Waals surface area contributed by atoms with Crippen LogP contribution in [0.4, 0.5) is 0 Å². The monoisotopic (exact) mass is 237 g/mol. The van der Waals surface area contributed by atoms with E-state index in [0.717, 1.165) is 10.9 Å². The van der Waals surface area contributed by atoms with Gasteiger partial charge in [0.25, 0.3) is 0 Å². The van der Waals surface area contributed by atoms with E-state index in [0.29, 0.717) is 19.5 Å². The van der Waals surface area contributed by atoms with Gasteiger partial charge in [-0.15, -0.1) is 6.42 Å². The number of hydrogen-bond donors (Lipinski definition) is 1. The average molecular weight is 237 g/mol. The first-order chi connectivity index (χ1) is 8.81. The Morgan fingerprint density at radius 1 is 1.17 bits per heavy atom. The minimum atomic E-state index is 0.154. The van der Waals surface area contributed by atoms with Gasteiger partial charge in [0.05, 0.1) is 13.1 Å². The molecule has 0 bridgehead atoms. The van der Waals surface area contributed by atoms with Crippen LogP contribution in [0.1, 0.15) is 5.56 Å². The van der Waals surface area contributed by atoms with Crippen LogP contribution >= 0.6 is 0 Å². The number of rotatable bonds is 5. The van der Waals surface area contributed by atoms with E-state index in [2.05, 4.69) is 23.4 Å². The van der Waals surface area contributed by atoms with Crippen LogP contribution in [0.25, 0.3) is 10.8 Å². The molecule has 0 aliphatic carbocycles. The Kier molecular flexibility index (Phi) is 4.11. The normalized spacial score (nSPS) is 10.2. The fourth-order valence-electron chi connectivity index (χ4n) is 2.00. The first kappa shape index (κ1) is 12.3. The zero-order valence-electron chi connectivity index (χ0n) is 10.1. The molecule has 90 valence electrons. The maximum atomic E-state index is 11.8. The molecule has 0 atom stereocenters. The Balaban J connectivity index is 2.12. The molecule has 0 radical (unpaired) electrons. The van der Waals surface area contributed by atoms with Crippen molar-refractivity contribution in [2.45, 2.75) is 6.42 Å². The number of terminal acetylenes is 1. The molecule has 0 unspecified atom stereocenters. The SMILES string of the molecule is C#CCNCC(=O)Cc1cccc2ccccc12. The third-order valence-corrected chi connectivity index (χ3v) is 2.82. The maximum Gasteiger partial charge on any atom is 0.151 e. The Bertz CT molecular complexity index is 590. The lowest BCUT2D eigenvalue weighted by Gasteiger charge is -2.06. The van der Waals surface area contributed by atoms with Gasteiger partial charge in [-0.1, -0.05) is 48.4 Å². The predicted molar refractivity (Wildman–Crippen MR) is 74.4 cm³/mol. The average Bonchev–Trinajstić information content (AvgIpc) is 2.39. The van der Waals surface area contributed by atoms with Gasteiger partial charge in [-0.05, 0) is 16.3 Å². The Morgan fingerprint density at radius 3 is 2.78 bits per heavy atom. The van der Waals surface area contributed by atoms with Crippen LogP contribution < -0.4 is 5.32 Å². The van der Waals surface area contributed by atoms with Crippen LogP contribution in [0.2, 0.25) is 0 Å². The van der Waals surface area contributed by atoms with E-state index in [1.165, 1.54) is 5.39 Å². The van der Waals surface area contributed by atoms with E-state index in [4.69, 9.17) is 6.42 Å². The van der Waals surface area contributed by atoms with Crippen LogP contribution in [-0.4, -0.2) is 18.9 Å². The van der Waals surface area contributed by atoms with Crippen molar-refractivity contribution in [3.8, 4) is 12.3 Å². The summed E-state index contributed by atoms with van der Waals surface area (Å²) in [5, 5.41) is 5.23. The molecule has 0 heterocycles.